The van der Waals surface area contributed by atoms with Gasteiger partial charge < -0.3 is 9.47 Å². The molecule has 27 heavy (non-hydrogen) atoms. The third-order valence-electron chi connectivity index (χ3n) is 3.99. The van der Waals surface area contributed by atoms with Crippen molar-refractivity contribution in [2.45, 2.75) is 20.5 Å². The van der Waals surface area contributed by atoms with Crippen LogP contribution in [0.4, 0.5) is 0 Å². The molecule has 1 saturated heterocycles. The van der Waals surface area contributed by atoms with Gasteiger partial charge in [-0.15, -0.1) is 0 Å². The third kappa shape index (κ3) is 4.70. The van der Waals surface area contributed by atoms with Crippen molar-refractivity contribution in [2.24, 2.45) is 0 Å². The van der Waals surface area contributed by atoms with E-state index in [4.69, 9.17) is 21.7 Å². The molecule has 0 aromatic heterocycles. The lowest BCUT2D eigenvalue weighted by atomic mass is 10.1. The SMILES string of the molecule is CCOc1cc(/C=C2/SC(=S)N(CC)C2=O)ccc1OCc1ccccc1. The molecule has 1 heterocycles. The largest absolute Gasteiger partial charge is 0.490 e. The Morgan fingerprint density at radius 1 is 1.07 bits per heavy atom. The number of hydrogen-bond acceptors (Lipinski definition) is 5. The minimum absolute atomic E-state index is 0.0464. The molecule has 0 bridgehead atoms. The highest BCUT2D eigenvalue weighted by Crippen LogP contribution is 2.35. The molecule has 2 aromatic carbocycles. The van der Waals surface area contributed by atoms with Gasteiger partial charge in [0, 0.05) is 6.54 Å². The van der Waals surface area contributed by atoms with Crippen LogP contribution in [0.2, 0.25) is 0 Å². The van der Waals surface area contributed by atoms with Gasteiger partial charge in [0.2, 0.25) is 0 Å². The standard InChI is InChI=1S/C21H21NO3S2/c1-3-22-20(23)19(27-21(22)26)13-16-10-11-17(18(12-16)24-4-2)25-14-15-8-6-5-7-9-15/h5-13H,3-4,14H2,1-2H3/b19-13+. The molecule has 0 spiro atoms. The number of carbonyl (C=O) groups excluding carboxylic acids is 1. The molecule has 140 valence electrons. The van der Waals surface area contributed by atoms with Crippen LogP contribution in [-0.2, 0) is 11.4 Å². The van der Waals surface area contributed by atoms with Gasteiger partial charge in [0.15, 0.2) is 11.5 Å². The number of ether oxygens (including phenoxy) is 2. The predicted molar refractivity (Wildman–Crippen MR) is 114 cm³/mol. The molecule has 0 unspecified atom stereocenters. The number of rotatable bonds is 7. The zero-order valence-corrected chi connectivity index (χ0v) is 16.9. The lowest BCUT2D eigenvalue weighted by molar-refractivity contribution is -0.121. The zero-order chi connectivity index (χ0) is 19.2. The molecule has 0 saturated carbocycles. The second kappa shape index (κ2) is 9.06. The Morgan fingerprint density at radius 2 is 1.85 bits per heavy atom. The summed E-state index contributed by atoms with van der Waals surface area (Å²) in [5.74, 6) is 1.29. The maximum atomic E-state index is 12.4. The van der Waals surface area contributed by atoms with Crippen LogP contribution in [-0.4, -0.2) is 28.3 Å². The summed E-state index contributed by atoms with van der Waals surface area (Å²) in [4.78, 5) is 14.6. The van der Waals surface area contributed by atoms with Crippen LogP contribution in [0.5, 0.6) is 11.5 Å². The smallest absolute Gasteiger partial charge is 0.266 e. The van der Waals surface area contributed by atoms with Crippen molar-refractivity contribution in [1.82, 2.24) is 4.90 Å². The fourth-order valence-corrected chi connectivity index (χ4v) is 4.05. The first-order chi connectivity index (χ1) is 13.1. The number of amides is 1. The Bertz CT molecular complexity index is 865. The van der Waals surface area contributed by atoms with E-state index in [2.05, 4.69) is 0 Å². The summed E-state index contributed by atoms with van der Waals surface area (Å²) in [7, 11) is 0. The number of thiocarbonyl (C=S) groups is 1. The number of benzene rings is 2. The Morgan fingerprint density at radius 3 is 2.52 bits per heavy atom. The first-order valence-electron chi connectivity index (χ1n) is 8.81. The number of nitrogens with zero attached hydrogens (tertiary/aromatic N) is 1. The van der Waals surface area contributed by atoms with Crippen molar-refractivity contribution in [3.05, 3.63) is 64.6 Å². The summed E-state index contributed by atoms with van der Waals surface area (Å²) in [6, 6.07) is 15.7. The molecule has 6 heteroatoms. The van der Waals surface area contributed by atoms with E-state index in [-0.39, 0.29) is 5.91 Å². The van der Waals surface area contributed by atoms with Crippen molar-refractivity contribution in [3.8, 4) is 11.5 Å². The van der Waals surface area contributed by atoms with Crippen molar-refractivity contribution in [1.29, 1.82) is 0 Å². The van der Waals surface area contributed by atoms with E-state index in [0.29, 0.717) is 40.5 Å². The molecule has 0 N–H and O–H groups in total. The summed E-state index contributed by atoms with van der Waals surface area (Å²) in [5.41, 5.74) is 1.97. The maximum absolute atomic E-state index is 12.4. The number of hydrogen-bond donors (Lipinski definition) is 0. The van der Waals surface area contributed by atoms with Crippen LogP contribution >= 0.6 is 24.0 Å². The second-order valence-electron chi connectivity index (χ2n) is 5.84. The number of carbonyl (C=O) groups is 1. The van der Waals surface area contributed by atoms with E-state index >= 15 is 0 Å². The number of likely N-dealkylation sites (N-methyl/N-ethyl adjacent to an activating group) is 1. The van der Waals surface area contributed by atoms with E-state index in [1.165, 1.54) is 11.8 Å². The molecule has 1 amide bonds. The first-order valence-corrected chi connectivity index (χ1v) is 10.0. The quantitative estimate of drug-likeness (QED) is 0.490. The van der Waals surface area contributed by atoms with Gasteiger partial charge in [-0.05, 0) is 43.2 Å². The lowest BCUT2D eigenvalue weighted by Gasteiger charge is -2.13. The first kappa shape index (κ1) is 19.5. The van der Waals surface area contributed by atoms with Gasteiger partial charge >= 0.3 is 0 Å². The van der Waals surface area contributed by atoms with Gasteiger partial charge in [0.25, 0.3) is 5.91 Å². The molecule has 3 rings (SSSR count). The van der Waals surface area contributed by atoms with E-state index in [9.17, 15) is 4.79 Å². The summed E-state index contributed by atoms with van der Waals surface area (Å²) in [5, 5.41) is 0. The van der Waals surface area contributed by atoms with Crippen molar-refractivity contribution >= 4 is 40.3 Å². The molecular weight excluding hydrogens is 378 g/mol. The molecule has 0 aliphatic carbocycles. The Kier molecular flexibility index (Phi) is 6.53. The van der Waals surface area contributed by atoms with Crippen LogP contribution in [0.3, 0.4) is 0 Å². The molecule has 1 fully saturated rings. The zero-order valence-electron chi connectivity index (χ0n) is 15.3. The summed E-state index contributed by atoms with van der Waals surface area (Å²) < 4.78 is 12.3. The highest BCUT2D eigenvalue weighted by molar-refractivity contribution is 8.26. The molecule has 1 aliphatic heterocycles. The van der Waals surface area contributed by atoms with E-state index in [1.54, 1.807) is 4.90 Å². The fraction of sp³-hybridized carbons (Fsp3) is 0.238. The van der Waals surface area contributed by atoms with Crippen molar-refractivity contribution in [3.63, 3.8) is 0 Å². The molecule has 0 radical (unpaired) electrons. The van der Waals surface area contributed by atoms with Gasteiger partial charge in [-0.3, -0.25) is 9.69 Å². The lowest BCUT2D eigenvalue weighted by Crippen LogP contribution is -2.27. The molecular formula is C21H21NO3S2. The Balaban J connectivity index is 1.80. The van der Waals surface area contributed by atoms with Gasteiger partial charge in [0.05, 0.1) is 11.5 Å². The van der Waals surface area contributed by atoms with Crippen LogP contribution in [0.1, 0.15) is 25.0 Å². The summed E-state index contributed by atoms with van der Waals surface area (Å²) in [6.45, 7) is 5.43. The molecule has 2 aromatic rings. The maximum Gasteiger partial charge on any atom is 0.266 e. The van der Waals surface area contributed by atoms with Gasteiger partial charge in [-0.2, -0.15) is 0 Å². The molecule has 0 atom stereocenters. The van der Waals surface area contributed by atoms with Crippen molar-refractivity contribution < 1.29 is 14.3 Å². The Labute approximate surface area is 169 Å². The van der Waals surface area contributed by atoms with Crippen molar-refractivity contribution in [2.75, 3.05) is 13.2 Å². The van der Waals surface area contributed by atoms with Gasteiger partial charge in [-0.1, -0.05) is 60.4 Å². The van der Waals surface area contributed by atoms with E-state index < -0.39 is 0 Å². The number of thioether (sulfide) groups is 1. The minimum Gasteiger partial charge on any atom is -0.490 e. The van der Waals surface area contributed by atoms with Crippen LogP contribution in [0.25, 0.3) is 6.08 Å². The van der Waals surface area contributed by atoms with Crippen LogP contribution < -0.4 is 9.47 Å². The summed E-state index contributed by atoms with van der Waals surface area (Å²) in [6.07, 6.45) is 1.85. The molecule has 4 nitrogen and oxygen atoms in total. The van der Waals surface area contributed by atoms with Crippen LogP contribution in [0, 0.1) is 0 Å². The average molecular weight is 400 g/mol. The Hall–Kier alpha value is -2.31. The predicted octanol–water partition coefficient (Wildman–Crippen LogP) is 4.89. The highest BCUT2D eigenvalue weighted by atomic mass is 32.2. The monoisotopic (exact) mass is 399 g/mol. The fourth-order valence-electron chi connectivity index (χ4n) is 2.66. The normalized spacial score (nSPS) is 15.5. The average Bonchev–Trinajstić information content (AvgIpc) is 2.95. The highest BCUT2D eigenvalue weighted by Gasteiger charge is 2.30. The van der Waals surface area contributed by atoms with E-state index in [0.717, 1.165) is 11.1 Å². The topological polar surface area (TPSA) is 38.8 Å². The third-order valence-corrected chi connectivity index (χ3v) is 5.37. The van der Waals surface area contributed by atoms with Gasteiger partial charge in [0.1, 0.15) is 10.9 Å². The van der Waals surface area contributed by atoms with E-state index in [1.807, 2.05) is 68.5 Å². The minimum atomic E-state index is -0.0464. The van der Waals surface area contributed by atoms with Crippen LogP contribution in [0.15, 0.2) is 53.4 Å². The summed E-state index contributed by atoms with van der Waals surface area (Å²) >= 11 is 6.59. The van der Waals surface area contributed by atoms with Gasteiger partial charge in [-0.25, -0.2) is 0 Å². The molecule has 1 aliphatic rings. The second-order valence-corrected chi connectivity index (χ2v) is 7.52.